The van der Waals surface area contributed by atoms with Crippen molar-refractivity contribution in [1.29, 1.82) is 0 Å². The number of aliphatic hydroxyl groups is 1. The minimum absolute atomic E-state index is 0.220. The van der Waals surface area contributed by atoms with Crippen LogP contribution in [-0.2, 0) is 4.74 Å². The van der Waals surface area contributed by atoms with E-state index in [9.17, 15) is 5.11 Å². The standard InChI is InChI=1S/C13H26O2/c1-9(2)15-8-13(14)12-6-10(3)5-11(4)7-12/h9-14H,5-8H2,1-4H3. The molecule has 1 saturated carbocycles. The van der Waals surface area contributed by atoms with Crippen molar-refractivity contribution < 1.29 is 9.84 Å². The number of ether oxygens (including phenoxy) is 1. The van der Waals surface area contributed by atoms with Crippen molar-refractivity contribution in [2.45, 2.75) is 59.2 Å². The van der Waals surface area contributed by atoms with Crippen LogP contribution < -0.4 is 0 Å². The summed E-state index contributed by atoms with van der Waals surface area (Å²) in [7, 11) is 0. The lowest BCUT2D eigenvalue weighted by molar-refractivity contribution is -0.0357. The first-order valence-electron chi connectivity index (χ1n) is 6.28. The summed E-state index contributed by atoms with van der Waals surface area (Å²) in [5.74, 6) is 1.96. The third kappa shape index (κ3) is 4.52. The Hall–Kier alpha value is -0.0800. The van der Waals surface area contributed by atoms with E-state index in [0.29, 0.717) is 12.5 Å². The monoisotopic (exact) mass is 214 g/mol. The number of rotatable bonds is 4. The van der Waals surface area contributed by atoms with Gasteiger partial charge in [-0.3, -0.25) is 0 Å². The minimum atomic E-state index is -0.266. The fourth-order valence-corrected chi connectivity index (χ4v) is 2.75. The third-order valence-electron chi connectivity index (χ3n) is 3.36. The van der Waals surface area contributed by atoms with E-state index < -0.39 is 0 Å². The Bertz CT molecular complexity index is 169. The molecule has 2 nitrogen and oxygen atoms in total. The zero-order valence-corrected chi connectivity index (χ0v) is 10.6. The number of aliphatic hydroxyl groups excluding tert-OH is 1. The van der Waals surface area contributed by atoms with Crippen molar-refractivity contribution >= 4 is 0 Å². The normalized spacial score (nSPS) is 34.4. The van der Waals surface area contributed by atoms with Crippen molar-refractivity contribution in [2.24, 2.45) is 17.8 Å². The molecule has 0 saturated heterocycles. The molecule has 0 aromatic carbocycles. The second-order valence-corrected chi connectivity index (χ2v) is 5.63. The SMILES string of the molecule is CC1CC(C)CC(C(O)COC(C)C)C1. The van der Waals surface area contributed by atoms with Crippen LogP contribution in [0.5, 0.6) is 0 Å². The van der Waals surface area contributed by atoms with Gasteiger partial charge in [0.05, 0.1) is 18.8 Å². The molecule has 15 heavy (non-hydrogen) atoms. The maximum Gasteiger partial charge on any atom is 0.0802 e. The van der Waals surface area contributed by atoms with Crippen LogP contribution in [0.15, 0.2) is 0 Å². The lowest BCUT2D eigenvalue weighted by atomic mass is 9.74. The van der Waals surface area contributed by atoms with Gasteiger partial charge in [0.2, 0.25) is 0 Å². The van der Waals surface area contributed by atoms with Crippen LogP contribution in [0.25, 0.3) is 0 Å². The van der Waals surface area contributed by atoms with Crippen LogP contribution in [0.2, 0.25) is 0 Å². The molecule has 0 aromatic rings. The van der Waals surface area contributed by atoms with Gasteiger partial charge in [0.25, 0.3) is 0 Å². The molecule has 1 aliphatic rings. The van der Waals surface area contributed by atoms with Crippen LogP contribution in [0.3, 0.4) is 0 Å². The number of hydrogen-bond donors (Lipinski definition) is 1. The summed E-state index contributed by atoms with van der Waals surface area (Å²) in [6, 6.07) is 0. The highest BCUT2D eigenvalue weighted by Crippen LogP contribution is 2.34. The van der Waals surface area contributed by atoms with E-state index in [1.807, 2.05) is 13.8 Å². The first-order chi connectivity index (χ1) is 6.99. The van der Waals surface area contributed by atoms with Crippen molar-refractivity contribution in [3.8, 4) is 0 Å². The summed E-state index contributed by atoms with van der Waals surface area (Å²) in [5.41, 5.74) is 0. The summed E-state index contributed by atoms with van der Waals surface area (Å²) in [6.07, 6.45) is 3.59. The van der Waals surface area contributed by atoms with Gasteiger partial charge in [0.1, 0.15) is 0 Å². The molecule has 3 unspecified atom stereocenters. The lowest BCUT2D eigenvalue weighted by Crippen LogP contribution is -2.33. The quantitative estimate of drug-likeness (QED) is 0.779. The van der Waals surface area contributed by atoms with Gasteiger partial charge in [0.15, 0.2) is 0 Å². The van der Waals surface area contributed by atoms with E-state index in [1.165, 1.54) is 6.42 Å². The average molecular weight is 214 g/mol. The Kier molecular flexibility index (Phi) is 5.07. The van der Waals surface area contributed by atoms with Crippen LogP contribution in [0.4, 0.5) is 0 Å². The first-order valence-corrected chi connectivity index (χ1v) is 6.28. The van der Waals surface area contributed by atoms with Crippen molar-refractivity contribution in [2.75, 3.05) is 6.61 Å². The molecule has 90 valence electrons. The lowest BCUT2D eigenvalue weighted by Gasteiger charge is -2.34. The molecule has 0 aliphatic heterocycles. The molecule has 0 aromatic heterocycles. The predicted octanol–water partition coefficient (Wildman–Crippen LogP) is 2.84. The molecule has 1 aliphatic carbocycles. The summed E-state index contributed by atoms with van der Waals surface area (Å²) in [6.45, 7) is 9.11. The van der Waals surface area contributed by atoms with Gasteiger partial charge in [0, 0.05) is 0 Å². The highest BCUT2D eigenvalue weighted by atomic mass is 16.5. The summed E-state index contributed by atoms with van der Waals surface area (Å²) < 4.78 is 5.48. The highest BCUT2D eigenvalue weighted by molar-refractivity contribution is 4.79. The molecule has 0 bridgehead atoms. The van der Waals surface area contributed by atoms with Gasteiger partial charge in [-0.15, -0.1) is 0 Å². The van der Waals surface area contributed by atoms with E-state index in [-0.39, 0.29) is 12.2 Å². The molecule has 0 radical (unpaired) electrons. The fraction of sp³-hybridized carbons (Fsp3) is 1.00. The van der Waals surface area contributed by atoms with Gasteiger partial charge in [-0.2, -0.15) is 0 Å². The second-order valence-electron chi connectivity index (χ2n) is 5.63. The van der Waals surface area contributed by atoms with Crippen molar-refractivity contribution in [3.63, 3.8) is 0 Å². The minimum Gasteiger partial charge on any atom is -0.390 e. The Morgan fingerprint density at radius 3 is 2.13 bits per heavy atom. The molecule has 1 rings (SSSR count). The van der Waals surface area contributed by atoms with E-state index in [0.717, 1.165) is 24.7 Å². The Morgan fingerprint density at radius 1 is 1.13 bits per heavy atom. The molecule has 1 N–H and O–H groups in total. The summed E-state index contributed by atoms with van der Waals surface area (Å²) in [4.78, 5) is 0. The van der Waals surface area contributed by atoms with Crippen molar-refractivity contribution in [3.05, 3.63) is 0 Å². The fourth-order valence-electron chi connectivity index (χ4n) is 2.75. The van der Waals surface area contributed by atoms with Crippen LogP contribution in [0, 0.1) is 17.8 Å². The summed E-state index contributed by atoms with van der Waals surface area (Å²) >= 11 is 0. The van der Waals surface area contributed by atoms with Gasteiger partial charge in [-0.05, 0) is 50.9 Å². The third-order valence-corrected chi connectivity index (χ3v) is 3.36. The Morgan fingerprint density at radius 2 is 1.67 bits per heavy atom. The molecule has 1 fully saturated rings. The Labute approximate surface area is 94.0 Å². The topological polar surface area (TPSA) is 29.5 Å². The molecule has 0 spiro atoms. The molecule has 0 heterocycles. The zero-order chi connectivity index (χ0) is 11.4. The molecular formula is C13H26O2. The van der Waals surface area contributed by atoms with Gasteiger partial charge in [-0.1, -0.05) is 13.8 Å². The van der Waals surface area contributed by atoms with E-state index >= 15 is 0 Å². The van der Waals surface area contributed by atoms with Gasteiger partial charge >= 0.3 is 0 Å². The second kappa shape index (κ2) is 5.86. The van der Waals surface area contributed by atoms with Crippen LogP contribution in [-0.4, -0.2) is 23.9 Å². The maximum absolute atomic E-state index is 10.0. The van der Waals surface area contributed by atoms with E-state index in [1.54, 1.807) is 0 Å². The number of hydrogen-bond acceptors (Lipinski definition) is 2. The van der Waals surface area contributed by atoms with Crippen LogP contribution >= 0.6 is 0 Å². The van der Waals surface area contributed by atoms with E-state index in [2.05, 4.69) is 13.8 Å². The molecule has 3 atom stereocenters. The molecule has 2 heteroatoms. The first kappa shape index (κ1) is 13.0. The van der Waals surface area contributed by atoms with Gasteiger partial charge < -0.3 is 9.84 Å². The van der Waals surface area contributed by atoms with Crippen molar-refractivity contribution in [1.82, 2.24) is 0 Å². The largest absolute Gasteiger partial charge is 0.390 e. The predicted molar refractivity (Wildman–Crippen MR) is 62.8 cm³/mol. The molecular weight excluding hydrogens is 188 g/mol. The zero-order valence-electron chi connectivity index (χ0n) is 10.6. The summed E-state index contributed by atoms with van der Waals surface area (Å²) in [5, 5.41) is 10.0. The maximum atomic E-state index is 10.0. The van der Waals surface area contributed by atoms with E-state index in [4.69, 9.17) is 4.74 Å². The average Bonchev–Trinajstić information content (AvgIpc) is 2.12. The smallest absolute Gasteiger partial charge is 0.0802 e. The highest BCUT2D eigenvalue weighted by Gasteiger charge is 2.29. The van der Waals surface area contributed by atoms with Gasteiger partial charge in [-0.25, -0.2) is 0 Å². The van der Waals surface area contributed by atoms with Crippen LogP contribution in [0.1, 0.15) is 47.0 Å². The Balaban J connectivity index is 2.34. The molecule has 0 amide bonds.